The van der Waals surface area contributed by atoms with Crippen molar-refractivity contribution in [2.75, 3.05) is 0 Å². The second-order valence-corrected chi connectivity index (χ2v) is 4.82. The van der Waals surface area contributed by atoms with Crippen LogP contribution in [-0.2, 0) is 9.53 Å². The molecule has 0 aliphatic carbocycles. The molecule has 3 heteroatoms. The van der Waals surface area contributed by atoms with Crippen molar-refractivity contribution in [2.24, 2.45) is 11.1 Å². The lowest BCUT2D eigenvalue weighted by Crippen LogP contribution is -2.39. The van der Waals surface area contributed by atoms with E-state index in [0.717, 1.165) is 5.57 Å². The van der Waals surface area contributed by atoms with Crippen molar-refractivity contribution in [3.63, 3.8) is 0 Å². The average Bonchev–Trinajstić information content (AvgIpc) is 2.00. The van der Waals surface area contributed by atoms with E-state index in [1.807, 2.05) is 34.6 Å². The van der Waals surface area contributed by atoms with Gasteiger partial charge in [0.05, 0.1) is 0 Å². The van der Waals surface area contributed by atoms with Crippen LogP contribution in [0.4, 0.5) is 0 Å². The van der Waals surface area contributed by atoms with Crippen molar-refractivity contribution in [3.05, 3.63) is 11.1 Å². The molecule has 0 fully saturated rings. The van der Waals surface area contributed by atoms with Crippen LogP contribution in [0.3, 0.4) is 0 Å². The van der Waals surface area contributed by atoms with Gasteiger partial charge in [0.25, 0.3) is 0 Å². The van der Waals surface area contributed by atoms with E-state index in [-0.39, 0.29) is 11.4 Å². The Morgan fingerprint density at radius 1 is 1.21 bits per heavy atom. The molecule has 2 N–H and O–H groups in total. The predicted octanol–water partition coefficient (Wildman–Crippen LogP) is 2.22. The quantitative estimate of drug-likeness (QED) is 0.421. The Bertz CT molecular complexity index is 245. The van der Waals surface area contributed by atoms with Crippen LogP contribution in [0, 0.1) is 5.41 Å². The Morgan fingerprint density at radius 3 is 1.93 bits per heavy atom. The summed E-state index contributed by atoms with van der Waals surface area (Å²) in [7, 11) is 0. The minimum Gasteiger partial charge on any atom is -0.443 e. The van der Waals surface area contributed by atoms with Crippen molar-refractivity contribution in [2.45, 2.75) is 47.8 Å². The largest absolute Gasteiger partial charge is 0.443 e. The van der Waals surface area contributed by atoms with Gasteiger partial charge in [0.2, 0.25) is 0 Å². The zero-order valence-electron chi connectivity index (χ0n) is 9.97. The Morgan fingerprint density at radius 2 is 1.64 bits per heavy atom. The van der Waals surface area contributed by atoms with Crippen LogP contribution in [0.1, 0.15) is 41.5 Å². The smallest absolute Gasteiger partial charge is 0.335 e. The third-order valence-corrected chi connectivity index (χ3v) is 2.14. The number of rotatable bonds is 2. The molecule has 3 nitrogen and oxygen atoms in total. The number of nitrogens with two attached hydrogens (primary N) is 1. The van der Waals surface area contributed by atoms with Gasteiger partial charge < -0.3 is 4.74 Å². The molecule has 14 heavy (non-hydrogen) atoms. The number of hydrogen-bond acceptors (Lipinski definition) is 3. The summed E-state index contributed by atoms with van der Waals surface area (Å²) < 4.78 is 5.12. The third kappa shape index (κ3) is 3.92. The zero-order valence-corrected chi connectivity index (χ0v) is 9.97. The molecule has 82 valence electrons. The van der Waals surface area contributed by atoms with Gasteiger partial charge in [-0.1, -0.05) is 26.3 Å². The number of allylic oxidation sites excluding steroid dienone is 1. The van der Waals surface area contributed by atoms with E-state index in [2.05, 4.69) is 0 Å². The fraction of sp³-hybridized carbons (Fsp3) is 0.727. The maximum absolute atomic E-state index is 11.5. The first-order valence-corrected chi connectivity index (χ1v) is 4.77. The fourth-order valence-corrected chi connectivity index (χ4v) is 0.585. The number of esters is 1. The molecule has 0 saturated heterocycles. The summed E-state index contributed by atoms with van der Waals surface area (Å²) in [5.41, 5.74) is 7.08. The van der Waals surface area contributed by atoms with Gasteiger partial charge in [-0.05, 0) is 20.8 Å². The highest BCUT2D eigenvalue weighted by molar-refractivity contribution is 5.88. The number of ether oxygens (including phenoxy) is 1. The molecule has 0 aromatic heterocycles. The molecular formula is C11H21NO2. The fourth-order valence-electron chi connectivity index (χ4n) is 0.585. The maximum atomic E-state index is 11.5. The standard InChI is InChI=1S/C11H21NO2/c1-7(2)8(3)9(13)14-10(12)11(4,5)6/h10H,12H2,1-6H3. The first-order valence-electron chi connectivity index (χ1n) is 4.77. The maximum Gasteiger partial charge on any atom is 0.335 e. The Balaban J connectivity index is 4.43. The number of hydrogen-bond donors (Lipinski definition) is 1. The van der Waals surface area contributed by atoms with E-state index < -0.39 is 6.23 Å². The van der Waals surface area contributed by atoms with Gasteiger partial charge in [0, 0.05) is 11.0 Å². The van der Waals surface area contributed by atoms with Crippen LogP contribution >= 0.6 is 0 Å². The molecule has 1 atom stereocenters. The molecule has 0 rings (SSSR count). The van der Waals surface area contributed by atoms with Crippen LogP contribution in [-0.4, -0.2) is 12.2 Å². The van der Waals surface area contributed by atoms with Gasteiger partial charge in [-0.15, -0.1) is 0 Å². The number of carbonyl (C=O) groups is 1. The minimum atomic E-state index is -0.565. The zero-order chi connectivity index (χ0) is 11.5. The molecule has 0 saturated carbocycles. The van der Waals surface area contributed by atoms with E-state index >= 15 is 0 Å². The molecule has 0 aromatic rings. The second kappa shape index (κ2) is 4.60. The Kier molecular flexibility index (Phi) is 4.33. The summed E-state index contributed by atoms with van der Waals surface area (Å²) in [6.45, 7) is 11.3. The van der Waals surface area contributed by atoms with Crippen molar-refractivity contribution in [1.29, 1.82) is 0 Å². The number of carbonyl (C=O) groups excluding carboxylic acids is 1. The highest BCUT2D eigenvalue weighted by atomic mass is 16.6. The second-order valence-electron chi connectivity index (χ2n) is 4.82. The van der Waals surface area contributed by atoms with Gasteiger partial charge >= 0.3 is 5.97 Å². The summed E-state index contributed by atoms with van der Waals surface area (Å²) in [6.07, 6.45) is -0.565. The van der Waals surface area contributed by atoms with Gasteiger partial charge in [-0.25, -0.2) is 4.79 Å². The van der Waals surface area contributed by atoms with Crippen LogP contribution < -0.4 is 5.73 Å². The molecule has 0 amide bonds. The lowest BCUT2D eigenvalue weighted by atomic mass is 9.95. The van der Waals surface area contributed by atoms with Gasteiger partial charge in [-0.2, -0.15) is 0 Å². The molecule has 0 spiro atoms. The third-order valence-electron chi connectivity index (χ3n) is 2.14. The molecular weight excluding hydrogens is 178 g/mol. The van der Waals surface area contributed by atoms with Crippen molar-refractivity contribution >= 4 is 5.97 Å². The topological polar surface area (TPSA) is 52.3 Å². The van der Waals surface area contributed by atoms with Crippen molar-refractivity contribution < 1.29 is 9.53 Å². The normalized spacial score (nSPS) is 13.4. The summed E-state index contributed by atoms with van der Waals surface area (Å²) in [5.74, 6) is -0.326. The molecule has 0 aromatic carbocycles. The SMILES string of the molecule is CC(C)=C(C)C(=O)OC(N)C(C)(C)C. The molecule has 0 aliphatic rings. The Labute approximate surface area is 86.3 Å². The van der Waals surface area contributed by atoms with Crippen LogP contribution in [0.25, 0.3) is 0 Å². The van der Waals surface area contributed by atoms with Crippen molar-refractivity contribution in [1.82, 2.24) is 0 Å². The molecule has 0 aliphatic heterocycles. The van der Waals surface area contributed by atoms with Crippen LogP contribution in [0.5, 0.6) is 0 Å². The first kappa shape index (κ1) is 13.2. The summed E-state index contributed by atoms with van der Waals surface area (Å²) >= 11 is 0. The van der Waals surface area contributed by atoms with E-state index in [0.29, 0.717) is 5.57 Å². The van der Waals surface area contributed by atoms with Gasteiger partial charge in [-0.3, -0.25) is 5.73 Å². The summed E-state index contributed by atoms with van der Waals surface area (Å²) in [6, 6.07) is 0. The average molecular weight is 199 g/mol. The Hall–Kier alpha value is -0.830. The van der Waals surface area contributed by atoms with E-state index in [1.165, 1.54) is 0 Å². The summed E-state index contributed by atoms with van der Waals surface area (Å²) in [5, 5.41) is 0. The van der Waals surface area contributed by atoms with Crippen molar-refractivity contribution in [3.8, 4) is 0 Å². The lowest BCUT2D eigenvalue weighted by molar-refractivity contribution is -0.149. The van der Waals surface area contributed by atoms with Crippen LogP contribution in [0.15, 0.2) is 11.1 Å². The monoisotopic (exact) mass is 199 g/mol. The molecule has 0 bridgehead atoms. The van der Waals surface area contributed by atoms with Gasteiger partial charge in [0.15, 0.2) is 6.23 Å². The lowest BCUT2D eigenvalue weighted by Gasteiger charge is -2.26. The molecule has 0 heterocycles. The molecule has 0 radical (unpaired) electrons. The van der Waals surface area contributed by atoms with E-state index in [9.17, 15) is 4.79 Å². The van der Waals surface area contributed by atoms with Crippen LogP contribution in [0.2, 0.25) is 0 Å². The highest BCUT2D eigenvalue weighted by Gasteiger charge is 2.24. The van der Waals surface area contributed by atoms with E-state index in [1.54, 1.807) is 6.92 Å². The minimum absolute atomic E-state index is 0.225. The first-order chi connectivity index (χ1) is 6.16. The van der Waals surface area contributed by atoms with E-state index in [4.69, 9.17) is 10.5 Å². The highest BCUT2D eigenvalue weighted by Crippen LogP contribution is 2.19. The summed E-state index contributed by atoms with van der Waals surface area (Å²) in [4.78, 5) is 11.5. The predicted molar refractivity (Wildman–Crippen MR) is 57.6 cm³/mol. The molecule has 1 unspecified atom stereocenters. The van der Waals surface area contributed by atoms with Gasteiger partial charge in [0.1, 0.15) is 0 Å².